The van der Waals surface area contributed by atoms with Gasteiger partial charge in [0.05, 0.1) is 11.6 Å². The van der Waals surface area contributed by atoms with Crippen LogP contribution in [0.15, 0.2) is 4.47 Å². The molecule has 1 fully saturated rings. The first-order chi connectivity index (χ1) is 9.58. The standard InChI is InChI=1S/C14H21BrN2O2S.ClH/c1-9-11(15)12(19-3)13(20-9)14(18)17-6-4-5-10(8-17)7-16-2;/h10,16H,4-8H2,1-3H3;1H. The Bertz CT molecular complexity index is 494. The van der Waals surface area contributed by atoms with Gasteiger partial charge in [-0.25, -0.2) is 0 Å². The first-order valence-electron chi connectivity index (χ1n) is 6.85. The van der Waals surface area contributed by atoms with E-state index in [4.69, 9.17) is 4.74 Å². The molecule has 1 amide bonds. The maximum Gasteiger partial charge on any atom is 0.267 e. The minimum Gasteiger partial charge on any atom is -0.494 e. The Morgan fingerprint density at radius 2 is 2.29 bits per heavy atom. The first-order valence-corrected chi connectivity index (χ1v) is 8.46. The third-order valence-corrected chi connectivity index (χ3v) is 5.96. The van der Waals surface area contributed by atoms with Crippen LogP contribution in [0.1, 0.15) is 27.4 Å². The van der Waals surface area contributed by atoms with Crippen LogP contribution in [-0.4, -0.2) is 44.6 Å². The number of halogens is 2. The second-order valence-electron chi connectivity index (χ2n) is 5.15. The summed E-state index contributed by atoms with van der Waals surface area (Å²) in [6, 6.07) is 0. The molecular formula is C14H22BrClN2O2S. The van der Waals surface area contributed by atoms with Gasteiger partial charge < -0.3 is 15.0 Å². The van der Waals surface area contributed by atoms with Gasteiger partial charge in [0.15, 0.2) is 5.75 Å². The fourth-order valence-corrected chi connectivity index (χ4v) is 4.39. The molecule has 1 aliphatic rings. The molecule has 21 heavy (non-hydrogen) atoms. The van der Waals surface area contributed by atoms with Crippen LogP contribution in [0.5, 0.6) is 5.75 Å². The summed E-state index contributed by atoms with van der Waals surface area (Å²) in [5.41, 5.74) is 0. The van der Waals surface area contributed by atoms with Crippen LogP contribution in [0.4, 0.5) is 0 Å². The van der Waals surface area contributed by atoms with E-state index in [1.807, 2.05) is 18.9 Å². The maximum absolute atomic E-state index is 12.7. The summed E-state index contributed by atoms with van der Waals surface area (Å²) in [6.07, 6.45) is 2.26. The number of ether oxygens (including phenoxy) is 1. The van der Waals surface area contributed by atoms with Crippen molar-refractivity contribution in [3.8, 4) is 5.75 Å². The van der Waals surface area contributed by atoms with E-state index in [-0.39, 0.29) is 18.3 Å². The van der Waals surface area contributed by atoms with Crippen molar-refractivity contribution in [2.24, 2.45) is 5.92 Å². The van der Waals surface area contributed by atoms with Gasteiger partial charge in [-0.3, -0.25) is 4.79 Å². The fraction of sp³-hybridized carbons (Fsp3) is 0.643. The van der Waals surface area contributed by atoms with Crippen LogP contribution < -0.4 is 10.1 Å². The third kappa shape index (κ3) is 4.12. The molecule has 0 spiro atoms. The Balaban J connectivity index is 0.00000220. The number of hydrogen-bond acceptors (Lipinski definition) is 4. The zero-order valence-corrected chi connectivity index (χ0v) is 15.8. The molecule has 2 heterocycles. The number of carbonyl (C=O) groups is 1. The number of thiophene rings is 1. The molecule has 1 unspecified atom stereocenters. The van der Waals surface area contributed by atoms with Crippen LogP contribution in [0.2, 0.25) is 0 Å². The van der Waals surface area contributed by atoms with E-state index in [1.165, 1.54) is 17.8 Å². The summed E-state index contributed by atoms with van der Waals surface area (Å²) in [7, 11) is 3.58. The number of piperidine rings is 1. The van der Waals surface area contributed by atoms with E-state index in [0.717, 1.165) is 35.4 Å². The summed E-state index contributed by atoms with van der Waals surface area (Å²) >= 11 is 5.00. The average Bonchev–Trinajstić information content (AvgIpc) is 2.74. The van der Waals surface area contributed by atoms with E-state index in [0.29, 0.717) is 16.5 Å². The molecule has 1 N–H and O–H groups in total. The highest BCUT2D eigenvalue weighted by Gasteiger charge is 2.28. The van der Waals surface area contributed by atoms with Gasteiger partial charge in [-0.1, -0.05) is 0 Å². The highest BCUT2D eigenvalue weighted by atomic mass is 79.9. The lowest BCUT2D eigenvalue weighted by Gasteiger charge is -2.32. The van der Waals surface area contributed by atoms with Gasteiger partial charge in [-0.2, -0.15) is 0 Å². The molecule has 0 aromatic carbocycles. The molecule has 1 saturated heterocycles. The second-order valence-corrected chi connectivity index (χ2v) is 7.17. The molecule has 2 rings (SSSR count). The number of nitrogens with one attached hydrogen (secondary N) is 1. The van der Waals surface area contributed by atoms with Gasteiger partial charge in [0.25, 0.3) is 5.91 Å². The molecule has 0 aliphatic carbocycles. The fourth-order valence-electron chi connectivity index (χ4n) is 2.68. The number of hydrogen-bond donors (Lipinski definition) is 1. The molecule has 120 valence electrons. The molecule has 4 nitrogen and oxygen atoms in total. The Morgan fingerprint density at radius 3 is 2.90 bits per heavy atom. The highest BCUT2D eigenvalue weighted by Crippen LogP contribution is 2.40. The van der Waals surface area contributed by atoms with Crippen molar-refractivity contribution in [1.29, 1.82) is 0 Å². The SMILES string of the molecule is CNCC1CCCN(C(=O)c2sc(C)c(Br)c2OC)C1.Cl. The molecule has 7 heteroatoms. The zero-order chi connectivity index (χ0) is 14.7. The highest BCUT2D eigenvalue weighted by molar-refractivity contribution is 9.10. The van der Waals surface area contributed by atoms with Crippen LogP contribution in [0, 0.1) is 12.8 Å². The smallest absolute Gasteiger partial charge is 0.267 e. The Labute approximate surface area is 144 Å². The largest absolute Gasteiger partial charge is 0.494 e. The van der Waals surface area contributed by atoms with Crippen LogP contribution >= 0.6 is 39.7 Å². The summed E-state index contributed by atoms with van der Waals surface area (Å²) < 4.78 is 6.29. The molecule has 1 aromatic heterocycles. The predicted octanol–water partition coefficient (Wildman–Crippen LogP) is 3.32. The summed E-state index contributed by atoms with van der Waals surface area (Å²) in [4.78, 5) is 16.5. The van der Waals surface area contributed by atoms with Gasteiger partial charge in [-0.05, 0) is 55.2 Å². The number of rotatable bonds is 4. The van der Waals surface area contributed by atoms with Crippen molar-refractivity contribution < 1.29 is 9.53 Å². The molecular weight excluding hydrogens is 376 g/mol. The van der Waals surface area contributed by atoms with Crippen molar-refractivity contribution in [3.63, 3.8) is 0 Å². The molecule has 0 radical (unpaired) electrons. The third-order valence-electron chi connectivity index (χ3n) is 3.67. The maximum atomic E-state index is 12.7. The second kappa shape index (κ2) is 8.36. The zero-order valence-electron chi connectivity index (χ0n) is 12.6. The van der Waals surface area contributed by atoms with Gasteiger partial charge in [0.1, 0.15) is 4.88 Å². The predicted molar refractivity (Wildman–Crippen MR) is 93.1 cm³/mol. The summed E-state index contributed by atoms with van der Waals surface area (Å²) in [5, 5.41) is 3.20. The lowest BCUT2D eigenvalue weighted by Crippen LogP contribution is -2.42. The van der Waals surface area contributed by atoms with Gasteiger partial charge in [-0.15, -0.1) is 23.7 Å². The van der Waals surface area contributed by atoms with Crippen LogP contribution in [0.3, 0.4) is 0 Å². The number of amides is 1. The number of aryl methyl sites for hydroxylation is 1. The van der Waals surface area contributed by atoms with Gasteiger partial charge >= 0.3 is 0 Å². The topological polar surface area (TPSA) is 41.6 Å². The Hall–Kier alpha value is -0.300. The minimum atomic E-state index is 0. The van der Waals surface area contributed by atoms with Crippen molar-refractivity contribution in [1.82, 2.24) is 10.2 Å². The summed E-state index contributed by atoms with van der Waals surface area (Å²) in [6.45, 7) is 4.64. The number of methoxy groups -OCH3 is 1. The van der Waals surface area contributed by atoms with E-state index < -0.39 is 0 Å². The Kier molecular flexibility index (Phi) is 7.47. The monoisotopic (exact) mass is 396 g/mol. The molecule has 1 aliphatic heterocycles. The van der Waals surface area contributed by atoms with Crippen molar-refractivity contribution >= 4 is 45.6 Å². The van der Waals surface area contributed by atoms with E-state index >= 15 is 0 Å². The normalized spacial score (nSPS) is 18.3. The van der Waals surface area contributed by atoms with Crippen molar-refractivity contribution in [2.45, 2.75) is 19.8 Å². The number of likely N-dealkylation sites (tertiary alicyclic amines) is 1. The van der Waals surface area contributed by atoms with Crippen LogP contribution in [0.25, 0.3) is 0 Å². The average molecular weight is 398 g/mol. The number of nitrogens with zero attached hydrogens (tertiary/aromatic N) is 1. The lowest BCUT2D eigenvalue weighted by molar-refractivity contribution is 0.0676. The van der Waals surface area contributed by atoms with Crippen molar-refractivity contribution in [3.05, 3.63) is 14.2 Å². The number of carbonyl (C=O) groups excluding carboxylic acids is 1. The minimum absolute atomic E-state index is 0. The summed E-state index contributed by atoms with van der Waals surface area (Å²) in [5.74, 6) is 1.32. The van der Waals surface area contributed by atoms with E-state index in [1.54, 1.807) is 7.11 Å². The molecule has 0 saturated carbocycles. The Morgan fingerprint density at radius 1 is 1.57 bits per heavy atom. The lowest BCUT2D eigenvalue weighted by atomic mass is 9.98. The van der Waals surface area contributed by atoms with E-state index in [9.17, 15) is 4.79 Å². The molecule has 1 atom stereocenters. The first kappa shape index (κ1) is 18.7. The van der Waals surface area contributed by atoms with E-state index in [2.05, 4.69) is 21.2 Å². The van der Waals surface area contributed by atoms with Crippen molar-refractivity contribution in [2.75, 3.05) is 33.8 Å². The quantitative estimate of drug-likeness (QED) is 0.847. The van der Waals surface area contributed by atoms with Crippen LogP contribution in [-0.2, 0) is 0 Å². The molecule has 0 bridgehead atoms. The molecule has 1 aromatic rings. The van der Waals surface area contributed by atoms with Gasteiger partial charge in [0, 0.05) is 18.0 Å². The van der Waals surface area contributed by atoms with Gasteiger partial charge in [0.2, 0.25) is 0 Å².